The van der Waals surface area contributed by atoms with E-state index in [0.717, 1.165) is 19.8 Å². The zero-order valence-corrected chi connectivity index (χ0v) is 10.3. The molecular weight excluding hydrogens is 174 g/mol. The Hall–Kier alpha value is -0.0800. The van der Waals surface area contributed by atoms with Crippen molar-refractivity contribution in [1.29, 1.82) is 0 Å². The average Bonchev–Trinajstić information content (AvgIpc) is 2.15. The summed E-state index contributed by atoms with van der Waals surface area (Å²) in [7, 11) is 0. The van der Waals surface area contributed by atoms with Crippen LogP contribution in [0.3, 0.4) is 0 Å². The maximum absolute atomic E-state index is 5.51. The van der Waals surface area contributed by atoms with Crippen LogP contribution >= 0.6 is 0 Å². The molecule has 1 unspecified atom stereocenters. The molecule has 0 aliphatic rings. The molecule has 2 nitrogen and oxygen atoms in total. The van der Waals surface area contributed by atoms with Gasteiger partial charge in [-0.2, -0.15) is 0 Å². The van der Waals surface area contributed by atoms with Crippen molar-refractivity contribution < 1.29 is 4.74 Å². The van der Waals surface area contributed by atoms with E-state index in [1.165, 1.54) is 19.3 Å². The minimum Gasteiger partial charge on any atom is -0.380 e. The fourth-order valence-electron chi connectivity index (χ4n) is 1.45. The lowest BCUT2D eigenvalue weighted by atomic mass is 10.1. The first-order valence-corrected chi connectivity index (χ1v) is 6.01. The predicted octanol–water partition coefficient (Wildman–Crippen LogP) is 2.83. The summed E-state index contributed by atoms with van der Waals surface area (Å²) >= 11 is 0. The maximum atomic E-state index is 5.51. The number of hydrogen-bond acceptors (Lipinski definition) is 2. The van der Waals surface area contributed by atoms with E-state index in [-0.39, 0.29) is 0 Å². The van der Waals surface area contributed by atoms with Gasteiger partial charge in [-0.3, -0.25) is 0 Å². The average molecular weight is 201 g/mol. The highest BCUT2D eigenvalue weighted by molar-refractivity contribution is 4.63. The van der Waals surface area contributed by atoms with Crippen LogP contribution in [-0.4, -0.2) is 25.8 Å². The molecule has 86 valence electrons. The highest BCUT2D eigenvalue weighted by Gasteiger charge is 2.02. The molecule has 0 spiro atoms. The van der Waals surface area contributed by atoms with Crippen LogP contribution in [0.15, 0.2) is 0 Å². The van der Waals surface area contributed by atoms with E-state index in [4.69, 9.17) is 4.74 Å². The first kappa shape index (κ1) is 13.9. The van der Waals surface area contributed by atoms with Crippen molar-refractivity contribution in [3.8, 4) is 0 Å². The second-order valence-corrected chi connectivity index (χ2v) is 4.32. The first-order valence-electron chi connectivity index (χ1n) is 6.01. The number of hydrogen-bond donors (Lipinski definition) is 1. The third kappa shape index (κ3) is 8.52. The van der Waals surface area contributed by atoms with Gasteiger partial charge in [-0.15, -0.1) is 0 Å². The van der Waals surface area contributed by atoms with Crippen LogP contribution in [0, 0.1) is 5.92 Å². The first-order chi connectivity index (χ1) is 6.70. The summed E-state index contributed by atoms with van der Waals surface area (Å²) in [4.78, 5) is 0. The zero-order chi connectivity index (χ0) is 10.8. The molecule has 0 aromatic rings. The lowest BCUT2D eigenvalue weighted by Crippen LogP contribution is -2.31. The van der Waals surface area contributed by atoms with Gasteiger partial charge in [0.2, 0.25) is 0 Å². The molecule has 0 heterocycles. The fourth-order valence-corrected chi connectivity index (χ4v) is 1.45. The summed E-state index contributed by atoms with van der Waals surface area (Å²) < 4.78 is 5.51. The van der Waals surface area contributed by atoms with Gasteiger partial charge < -0.3 is 10.1 Å². The third-order valence-corrected chi connectivity index (χ3v) is 2.26. The summed E-state index contributed by atoms with van der Waals surface area (Å²) in [5.41, 5.74) is 0. The molecule has 0 aromatic carbocycles. The molecule has 0 bridgehead atoms. The molecule has 0 aromatic heterocycles. The summed E-state index contributed by atoms with van der Waals surface area (Å²) in [5, 5.41) is 3.52. The largest absolute Gasteiger partial charge is 0.380 e. The molecule has 0 fully saturated rings. The molecule has 0 saturated carbocycles. The summed E-state index contributed by atoms with van der Waals surface area (Å²) in [6, 6.07) is 0.683. The molecule has 0 amide bonds. The monoisotopic (exact) mass is 201 g/mol. The maximum Gasteiger partial charge on any atom is 0.0591 e. The van der Waals surface area contributed by atoms with Crippen molar-refractivity contribution in [2.45, 2.75) is 53.0 Å². The van der Waals surface area contributed by atoms with Gasteiger partial charge in [-0.25, -0.2) is 0 Å². The van der Waals surface area contributed by atoms with Gasteiger partial charge in [0.15, 0.2) is 0 Å². The van der Waals surface area contributed by atoms with E-state index < -0.39 is 0 Å². The van der Waals surface area contributed by atoms with Crippen molar-refractivity contribution >= 4 is 0 Å². The van der Waals surface area contributed by atoms with E-state index >= 15 is 0 Å². The Labute approximate surface area is 89.4 Å². The van der Waals surface area contributed by atoms with Gasteiger partial charge in [0.05, 0.1) is 6.61 Å². The van der Waals surface area contributed by atoms with E-state index in [1.807, 2.05) is 0 Å². The Morgan fingerprint density at radius 3 is 2.43 bits per heavy atom. The quantitative estimate of drug-likeness (QED) is 0.579. The molecule has 1 atom stereocenters. The van der Waals surface area contributed by atoms with Crippen LogP contribution in [0.4, 0.5) is 0 Å². The van der Waals surface area contributed by atoms with Crippen molar-refractivity contribution in [2.75, 3.05) is 19.8 Å². The second kappa shape index (κ2) is 9.47. The molecule has 2 heteroatoms. The van der Waals surface area contributed by atoms with Crippen LogP contribution < -0.4 is 5.32 Å². The van der Waals surface area contributed by atoms with Gasteiger partial charge in [0, 0.05) is 19.2 Å². The molecule has 14 heavy (non-hydrogen) atoms. The van der Waals surface area contributed by atoms with Crippen molar-refractivity contribution in [1.82, 2.24) is 5.32 Å². The van der Waals surface area contributed by atoms with Gasteiger partial charge in [0.25, 0.3) is 0 Å². The van der Waals surface area contributed by atoms with Crippen LogP contribution in [0.1, 0.15) is 47.0 Å². The molecule has 0 aliphatic heterocycles. The van der Waals surface area contributed by atoms with E-state index in [9.17, 15) is 0 Å². The van der Waals surface area contributed by atoms with Crippen LogP contribution in [0.25, 0.3) is 0 Å². The van der Waals surface area contributed by atoms with Crippen molar-refractivity contribution in [3.63, 3.8) is 0 Å². The minimum absolute atomic E-state index is 0.646. The Morgan fingerprint density at radius 1 is 1.21 bits per heavy atom. The molecule has 1 N–H and O–H groups in total. The van der Waals surface area contributed by atoms with E-state index in [1.54, 1.807) is 0 Å². The SMILES string of the molecule is CCCC(CC)NCCOCC(C)C. The Morgan fingerprint density at radius 2 is 1.93 bits per heavy atom. The lowest BCUT2D eigenvalue weighted by Gasteiger charge is -2.16. The fraction of sp³-hybridized carbons (Fsp3) is 1.00. The molecule has 0 rings (SSSR count). The van der Waals surface area contributed by atoms with Crippen LogP contribution in [-0.2, 0) is 4.74 Å². The Bertz CT molecular complexity index is 115. The number of nitrogens with one attached hydrogen (secondary N) is 1. The summed E-state index contributed by atoms with van der Waals surface area (Å²) in [5.74, 6) is 0.646. The highest BCUT2D eigenvalue weighted by atomic mass is 16.5. The Balaban J connectivity index is 3.24. The third-order valence-electron chi connectivity index (χ3n) is 2.26. The minimum atomic E-state index is 0.646. The lowest BCUT2D eigenvalue weighted by molar-refractivity contribution is 0.109. The molecule has 0 saturated heterocycles. The Kier molecular flexibility index (Phi) is 9.42. The molecule has 0 radical (unpaired) electrons. The molecule has 0 aliphatic carbocycles. The van der Waals surface area contributed by atoms with Gasteiger partial charge >= 0.3 is 0 Å². The van der Waals surface area contributed by atoms with Crippen molar-refractivity contribution in [2.24, 2.45) is 5.92 Å². The normalized spacial score (nSPS) is 13.5. The predicted molar refractivity (Wildman–Crippen MR) is 62.6 cm³/mol. The second-order valence-electron chi connectivity index (χ2n) is 4.32. The topological polar surface area (TPSA) is 21.3 Å². The number of rotatable bonds is 9. The van der Waals surface area contributed by atoms with Gasteiger partial charge in [0.1, 0.15) is 0 Å². The van der Waals surface area contributed by atoms with Gasteiger partial charge in [-0.05, 0) is 18.8 Å². The molecular formula is C12H27NO. The summed E-state index contributed by atoms with van der Waals surface area (Å²) in [6.07, 6.45) is 3.76. The number of ether oxygens (including phenoxy) is 1. The zero-order valence-electron chi connectivity index (χ0n) is 10.3. The van der Waals surface area contributed by atoms with Gasteiger partial charge in [-0.1, -0.05) is 34.1 Å². The van der Waals surface area contributed by atoms with Crippen LogP contribution in [0.2, 0.25) is 0 Å². The van der Waals surface area contributed by atoms with Crippen molar-refractivity contribution in [3.05, 3.63) is 0 Å². The smallest absolute Gasteiger partial charge is 0.0591 e. The van der Waals surface area contributed by atoms with E-state index in [0.29, 0.717) is 12.0 Å². The summed E-state index contributed by atoms with van der Waals surface area (Å²) in [6.45, 7) is 11.6. The van der Waals surface area contributed by atoms with Crippen LogP contribution in [0.5, 0.6) is 0 Å². The van der Waals surface area contributed by atoms with E-state index in [2.05, 4.69) is 33.0 Å². The highest BCUT2D eigenvalue weighted by Crippen LogP contribution is 2.00. The standard InChI is InChI=1S/C12H27NO/c1-5-7-12(6-2)13-8-9-14-10-11(3)4/h11-13H,5-10H2,1-4H3.